The molecule has 23 heavy (non-hydrogen) atoms. The topological polar surface area (TPSA) is 73.1 Å². The second-order valence-corrected chi connectivity index (χ2v) is 5.35. The Bertz CT molecular complexity index is 801. The lowest BCUT2D eigenvalue weighted by Crippen LogP contribution is -1.95. The minimum Gasteiger partial charge on any atom is -0.369 e. The first-order valence-corrected chi connectivity index (χ1v) is 7.56. The lowest BCUT2D eigenvalue weighted by atomic mass is 10.1. The van der Waals surface area contributed by atoms with Crippen LogP contribution in [0.5, 0.6) is 0 Å². The molecule has 0 saturated heterocycles. The van der Waals surface area contributed by atoms with Crippen LogP contribution >= 0.6 is 0 Å². The highest BCUT2D eigenvalue weighted by Crippen LogP contribution is 2.29. The zero-order chi connectivity index (χ0) is 15.5. The number of aromatic nitrogens is 3. The first-order valence-electron chi connectivity index (χ1n) is 7.56. The molecular formula is C17H16N4O2. The predicted molar refractivity (Wildman–Crippen MR) is 84.7 cm³/mol. The van der Waals surface area contributed by atoms with Crippen LogP contribution in [0.4, 0.5) is 5.82 Å². The lowest BCUT2D eigenvalue weighted by Gasteiger charge is -2.02. The highest BCUT2D eigenvalue weighted by Gasteiger charge is 2.19. The number of pyridine rings is 1. The Morgan fingerprint density at radius 2 is 2.04 bits per heavy atom. The van der Waals surface area contributed by atoms with Crippen LogP contribution in [0, 0.1) is 0 Å². The molecule has 1 N–H and O–H groups in total. The summed E-state index contributed by atoms with van der Waals surface area (Å²) in [5.74, 6) is 1.98. The van der Waals surface area contributed by atoms with E-state index in [1.54, 1.807) is 6.20 Å². The number of hydrogen-bond acceptors (Lipinski definition) is 6. The van der Waals surface area contributed by atoms with E-state index < -0.39 is 0 Å². The van der Waals surface area contributed by atoms with Crippen molar-refractivity contribution in [3.63, 3.8) is 0 Å². The third-order valence-corrected chi connectivity index (χ3v) is 3.77. The van der Waals surface area contributed by atoms with Crippen molar-refractivity contribution in [2.45, 2.75) is 19.6 Å². The van der Waals surface area contributed by atoms with Crippen LogP contribution < -0.4 is 5.32 Å². The van der Waals surface area contributed by atoms with Gasteiger partial charge in [-0.15, -0.1) is 0 Å². The second-order valence-electron chi connectivity index (χ2n) is 5.35. The van der Waals surface area contributed by atoms with E-state index >= 15 is 0 Å². The summed E-state index contributed by atoms with van der Waals surface area (Å²) in [5.41, 5.74) is 3.23. The first-order chi connectivity index (χ1) is 11.4. The molecule has 0 unspecified atom stereocenters. The molecule has 0 fully saturated rings. The molecule has 3 aromatic rings. The molecule has 0 spiro atoms. The van der Waals surface area contributed by atoms with Crippen molar-refractivity contribution >= 4 is 5.82 Å². The van der Waals surface area contributed by atoms with E-state index in [2.05, 4.69) is 20.4 Å². The van der Waals surface area contributed by atoms with E-state index in [-0.39, 0.29) is 0 Å². The van der Waals surface area contributed by atoms with E-state index in [4.69, 9.17) is 9.26 Å². The molecule has 1 aliphatic heterocycles. The van der Waals surface area contributed by atoms with Crippen LogP contribution in [0.3, 0.4) is 0 Å². The number of rotatable bonds is 5. The first kappa shape index (κ1) is 13.9. The molecule has 3 heterocycles. The molecule has 6 heteroatoms. The Kier molecular flexibility index (Phi) is 3.73. The minimum atomic E-state index is 0.299. The SMILES string of the molecule is c1ccc(COCc2nc(-c3ccnc4c3CCN4)no2)cc1. The molecule has 4 rings (SSSR count). The summed E-state index contributed by atoms with van der Waals surface area (Å²) < 4.78 is 10.9. The number of benzene rings is 1. The predicted octanol–water partition coefficient (Wildman–Crippen LogP) is 2.82. The van der Waals surface area contributed by atoms with Crippen LogP contribution in [-0.4, -0.2) is 21.7 Å². The zero-order valence-electron chi connectivity index (χ0n) is 12.5. The van der Waals surface area contributed by atoms with E-state index in [0.717, 1.165) is 35.5 Å². The zero-order valence-corrected chi connectivity index (χ0v) is 12.5. The lowest BCUT2D eigenvalue weighted by molar-refractivity contribution is 0.0850. The fraction of sp³-hybridized carbons (Fsp3) is 0.235. The van der Waals surface area contributed by atoms with Crippen molar-refractivity contribution in [1.29, 1.82) is 0 Å². The van der Waals surface area contributed by atoms with Crippen molar-refractivity contribution in [2.24, 2.45) is 0 Å². The van der Waals surface area contributed by atoms with Crippen LogP contribution in [-0.2, 0) is 24.4 Å². The maximum absolute atomic E-state index is 5.63. The summed E-state index contributed by atoms with van der Waals surface area (Å²) in [5, 5.41) is 7.32. The quantitative estimate of drug-likeness (QED) is 0.781. The summed E-state index contributed by atoms with van der Waals surface area (Å²) in [6.07, 6.45) is 2.68. The van der Waals surface area contributed by atoms with Gasteiger partial charge < -0.3 is 14.6 Å². The van der Waals surface area contributed by atoms with Crippen molar-refractivity contribution in [2.75, 3.05) is 11.9 Å². The third kappa shape index (κ3) is 2.93. The van der Waals surface area contributed by atoms with Gasteiger partial charge in [0.25, 0.3) is 5.89 Å². The van der Waals surface area contributed by atoms with Gasteiger partial charge in [-0.3, -0.25) is 0 Å². The fourth-order valence-corrected chi connectivity index (χ4v) is 2.67. The number of nitrogens with zero attached hydrogens (tertiary/aromatic N) is 3. The Morgan fingerprint density at radius 3 is 2.96 bits per heavy atom. The molecule has 116 valence electrons. The van der Waals surface area contributed by atoms with Crippen molar-refractivity contribution in [1.82, 2.24) is 15.1 Å². The van der Waals surface area contributed by atoms with Crippen LogP contribution in [0.15, 0.2) is 47.1 Å². The number of nitrogens with one attached hydrogen (secondary N) is 1. The average molecular weight is 308 g/mol. The molecule has 2 aromatic heterocycles. The average Bonchev–Trinajstić information content (AvgIpc) is 3.24. The largest absolute Gasteiger partial charge is 0.369 e. The molecule has 0 aliphatic carbocycles. The van der Waals surface area contributed by atoms with Gasteiger partial charge in [-0.2, -0.15) is 4.98 Å². The molecule has 1 aromatic carbocycles. The van der Waals surface area contributed by atoms with Crippen molar-refractivity contribution < 1.29 is 9.26 Å². The maximum atomic E-state index is 5.63. The Morgan fingerprint density at radius 1 is 1.13 bits per heavy atom. The van der Waals surface area contributed by atoms with Gasteiger partial charge in [0.1, 0.15) is 12.4 Å². The number of ether oxygens (including phenoxy) is 1. The van der Waals surface area contributed by atoms with Gasteiger partial charge in [0.15, 0.2) is 0 Å². The number of fused-ring (bicyclic) bond motifs is 1. The summed E-state index contributed by atoms with van der Waals surface area (Å²) in [6, 6.07) is 11.9. The van der Waals surface area contributed by atoms with E-state index in [0.29, 0.717) is 24.9 Å². The molecule has 0 atom stereocenters. The van der Waals surface area contributed by atoms with Gasteiger partial charge in [0.05, 0.1) is 6.61 Å². The summed E-state index contributed by atoms with van der Waals surface area (Å²) in [7, 11) is 0. The van der Waals surface area contributed by atoms with Crippen molar-refractivity contribution in [3.8, 4) is 11.4 Å². The van der Waals surface area contributed by atoms with Crippen LogP contribution in [0.25, 0.3) is 11.4 Å². The highest BCUT2D eigenvalue weighted by molar-refractivity contribution is 5.68. The third-order valence-electron chi connectivity index (χ3n) is 3.77. The van der Waals surface area contributed by atoms with Gasteiger partial charge in [0.2, 0.25) is 5.82 Å². The maximum Gasteiger partial charge on any atom is 0.252 e. The fourth-order valence-electron chi connectivity index (χ4n) is 2.67. The monoisotopic (exact) mass is 308 g/mol. The van der Waals surface area contributed by atoms with Gasteiger partial charge in [-0.25, -0.2) is 4.98 Å². The van der Waals surface area contributed by atoms with Crippen LogP contribution in [0.1, 0.15) is 17.0 Å². The molecule has 1 aliphatic rings. The second kappa shape index (κ2) is 6.18. The number of hydrogen-bond donors (Lipinski definition) is 1. The standard InChI is InChI=1S/C17H16N4O2/c1-2-4-12(5-3-1)10-22-11-15-20-17(21-23-15)14-7-9-19-16-13(14)6-8-18-16/h1-5,7,9H,6,8,10-11H2,(H,18,19). The van der Waals surface area contributed by atoms with Gasteiger partial charge in [-0.1, -0.05) is 35.5 Å². The normalized spacial score (nSPS) is 12.9. The van der Waals surface area contributed by atoms with E-state index in [1.807, 2.05) is 36.4 Å². The van der Waals surface area contributed by atoms with Gasteiger partial charge >= 0.3 is 0 Å². The Labute approximate surface area is 133 Å². The Balaban J connectivity index is 1.44. The smallest absolute Gasteiger partial charge is 0.252 e. The molecule has 0 bridgehead atoms. The molecular weight excluding hydrogens is 292 g/mol. The summed E-state index contributed by atoms with van der Waals surface area (Å²) in [4.78, 5) is 8.74. The summed E-state index contributed by atoms with van der Waals surface area (Å²) in [6.45, 7) is 1.71. The summed E-state index contributed by atoms with van der Waals surface area (Å²) >= 11 is 0. The van der Waals surface area contributed by atoms with Gasteiger partial charge in [0, 0.05) is 23.9 Å². The minimum absolute atomic E-state index is 0.299. The van der Waals surface area contributed by atoms with Gasteiger partial charge in [-0.05, 0) is 18.1 Å². The van der Waals surface area contributed by atoms with E-state index in [1.165, 1.54) is 0 Å². The van der Waals surface area contributed by atoms with E-state index in [9.17, 15) is 0 Å². The number of anilines is 1. The van der Waals surface area contributed by atoms with Crippen molar-refractivity contribution in [3.05, 3.63) is 59.6 Å². The Hall–Kier alpha value is -2.73. The molecule has 0 saturated carbocycles. The molecule has 0 radical (unpaired) electrons. The van der Waals surface area contributed by atoms with Crippen LogP contribution in [0.2, 0.25) is 0 Å². The molecule has 0 amide bonds. The highest BCUT2D eigenvalue weighted by atomic mass is 16.5. The molecule has 6 nitrogen and oxygen atoms in total.